The summed E-state index contributed by atoms with van der Waals surface area (Å²) < 4.78 is 17.6. The van der Waals surface area contributed by atoms with Gasteiger partial charge in [0.1, 0.15) is 17.2 Å². The van der Waals surface area contributed by atoms with Crippen molar-refractivity contribution in [2.24, 2.45) is 0 Å². The van der Waals surface area contributed by atoms with Crippen LogP contribution < -0.4 is 14.2 Å². The molecule has 1 aliphatic heterocycles. The molecule has 10 rings (SSSR count). The fraction of sp³-hybridized carbons (Fsp3) is 0.143. The summed E-state index contributed by atoms with van der Waals surface area (Å²) in [6.07, 6.45) is 0.998. The van der Waals surface area contributed by atoms with Crippen molar-refractivity contribution in [3.63, 3.8) is 0 Å². The summed E-state index contributed by atoms with van der Waals surface area (Å²) >= 11 is 0. The summed E-state index contributed by atoms with van der Waals surface area (Å²) in [4.78, 5) is 0. The van der Waals surface area contributed by atoms with Gasteiger partial charge in [-0.15, -0.1) is 0 Å². The highest BCUT2D eigenvalue weighted by molar-refractivity contribution is 6.31. The largest absolute Gasteiger partial charge is 0.497 e. The standard InChI is InChI=1S/C42H30O3/c1-43-24-16-14-23(15-17-24)35-33-22-25(44-2)18-19-30(33)41-38(35)28-10-5-6-11-29(28)40-39(41)27-9-4-3-8-26(27)37-32-20-21-45-34-13-7-12-31(36(32)34)42(37)40/h3-19,22,32,35H,20-21H2,1-2H3/t32-,35-/m1/s1. The minimum Gasteiger partial charge on any atom is -0.497 e. The predicted molar refractivity (Wildman–Crippen MR) is 182 cm³/mol. The average Bonchev–Trinajstić information content (AvgIpc) is 3.63. The topological polar surface area (TPSA) is 27.7 Å². The van der Waals surface area contributed by atoms with Crippen LogP contribution in [0.4, 0.5) is 0 Å². The molecule has 7 aromatic carbocycles. The van der Waals surface area contributed by atoms with E-state index in [2.05, 4.69) is 109 Å². The second-order valence-corrected chi connectivity index (χ2v) is 12.5. The van der Waals surface area contributed by atoms with Crippen LogP contribution in [0.5, 0.6) is 17.2 Å². The van der Waals surface area contributed by atoms with Gasteiger partial charge in [0.2, 0.25) is 0 Å². The molecule has 7 aromatic rings. The highest BCUT2D eigenvalue weighted by Gasteiger charge is 2.40. The SMILES string of the molecule is COc1ccc([C@@H]2c3cc(OC)ccc3-c3c2c2ccccc2c2c4c(c5ccccc5c32)[C@@H]2CCOc3cccc-4c32)cc1. The number of fused-ring (bicyclic) bond motifs is 15. The third-order valence-corrected chi connectivity index (χ3v) is 10.5. The van der Waals surface area contributed by atoms with E-state index in [1.165, 1.54) is 82.4 Å². The molecule has 1 heterocycles. The lowest BCUT2D eigenvalue weighted by atomic mass is 9.80. The highest BCUT2D eigenvalue weighted by Crippen LogP contribution is 2.62. The van der Waals surface area contributed by atoms with Gasteiger partial charge in [-0.3, -0.25) is 0 Å². The Labute approximate surface area is 261 Å². The van der Waals surface area contributed by atoms with E-state index in [1.54, 1.807) is 14.2 Å². The minimum absolute atomic E-state index is 0.0550. The fourth-order valence-corrected chi connectivity index (χ4v) is 8.82. The average molecular weight is 583 g/mol. The Kier molecular flexibility index (Phi) is 5.08. The van der Waals surface area contributed by atoms with Crippen LogP contribution in [-0.2, 0) is 0 Å². The molecular weight excluding hydrogens is 552 g/mol. The molecule has 0 N–H and O–H groups in total. The van der Waals surface area contributed by atoms with Crippen molar-refractivity contribution in [2.75, 3.05) is 20.8 Å². The molecule has 0 spiro atoms. The summed E-state index contributed by atoms with van der Waals surface area (Å²) in [5.41, 5.74) is 12.1. The molecule has 0 amide bonds. The molecule has 3 heteroatoms. The lowest BCUT2D eigenvalue weighted by Gasteiger charge is -2.24. The van der Waals surface area contributed by atoms with E-state index in [0.717, 1.165) is 30.3 Å². The van der Waals surface area contributed by atoms with E-state index in [0.29, 0.717) is 5.92 Å². The highest BCUT2D eigenvalue weighted by atomic mass is 16.5. The van der Waals surface area contributed by atoms with Gasteiger partial charge in [0.05, 0.1) is 20.8 Å². The van der Waals surface area contributed by atoms with Gasteiger partial charge >= 0.3 is 0 Å². The molecule has 216 valence electrons. The lowest BCUT2D eigenvalue weighted by molar-refractivity contribution is 0.279. The van der Waals surface area contributed by atoms with Crippen LogP contribution in [0.1, 0.15) is 46.1 Å². The molecule has 0 saturated heterocycles. The van der Waals surface area contributed by atoms with Crippen LogP contribution in [0.25, 0.3) is 54.6 Å². The van der Waals surface area contributed by atoms with Gasteiger partial charge in [-0.05, 0) is 114 Å². The molecular formula is C42H30O3. The molecule has 0 radical (unpaired) electrons. The van der Waals surface area contributed by atoms with Crippen molar-refractivity contribution in [3.05, 3.63) is 137 Å². The van der Waals surface area contributed by atoms with Crippen LogP contribution in [0.2, 0.25) is 0 Å². The van der Waals surface area contributed by atoms with Crippen molar-refractivity contribution < 1.29 is 14.2 Å². The maximum absolute atomic E-state index is 6.26. The number of hydrogen-bond acceptors (Lipinski definition) is 3. The molecule has 0 bridgehead atoms. The second kappa shape index (κ2) is 9.12. The van der Waals surface area contributed by atoms with Crippen LogP contribution in [0.15, 0.2) is 109 Å². The number of ether oxygens (including phenoxy) is 3. The van der Waals surface area contributed by atoms with Gasteiger partial charge in [-0.2, -0.15) is 0 Å². The summed E-state index contributed by atoms with van der Waals surface area (Å²) in [7, 11) is 3.48. The first-order chi connectivity index (χ1) is 22.3. The molecule has 45 heavy (non-hydrogen) atoms. The molecule has 3 nitrogen and oxygen atoms in total. The van der Waals surface area contributed by atoms with Crippen LogP contribution in [0.3, 0.4) is 0 Å². The van der Waals surface area contributed by atoms with Crippen molar-refractivity contribution in [1.82, 2.24) is 0 Å². The third kappa shape index (κ3) is 3.20. The first-order valence-electron chi connectivity index (χ1n) is 15.8. The normalized spacial score (nSPS) is 17.1. The maximum atomic E-state index is 6.26. The first kappa shape index (κ1) is 25.1. The zero-order chi connectivity index (χ0) is 29.8. The van der Waals surface area contributed by atoms with E-state index in [-0.39, 0.29) is 5.92 Å². The van der Waals surface area contributed by atoms with Crippen LogP contribution in [-0.4, -0.2) is 20.8 Å². The third-order valence-electron chi connectivity index (χ3n) is 10.5. The Hall–Kier alpha value is -5.28. The van der Waals surface area contributed by atoms with Gasteiger partial charge in [0.15, 0.2) is 0 Å². The number of rotatable bonds is 3. The van der Waals surface area contributed by atoms with Crippen molar-refractivity contribution in [3.8, 4) is 39.5 Å². The van der Waals surface area contributed by atoms with E-state index in [9.17, 15) is 0 Å². The van der Waals surface area contributed by atoms with Gasteiger partial charge < -0.3 is 14.2 Å². The summed E-state index contributed by atoms with van der Waals surface area (Å²) in [6.45, 7) is 0.747. The van der Waals surface area contributed by atoms with Crippen molar-refractivity contribution >= 4 is 32.3 Å². The first-order valence-corrected chi connectivity index (χ1v) is 15.8. The number of benzene rings is 7. The number of hydrogen-bond donors (Lipinski definition) is 0. The Balaban J connectivity index is 1.44. The van der Waals surface area contributed by atoms with Crippen LogP contribution >= 0.6 is 0 Å². The molecule has 2 aliphatic carbocycles. The Bertz CT molecular complexity index is 2380. The van der Waals surface area contributed by atoms with Gasteiger partial charge in [-0.25, -0.2) is 0 Å². The van der Waals surface area contributed by atoms with Gasteiger partial charge in [0, 0.05) is 17.4 Å². The molecule has 0 fully saturated rings. The Morgan fingerprint density at radius 3 is 1.93 bits per heavy atom. The van der Waals surface area contributed by atoms with Crippen molar-refractivity contribution in [2.45, 2.75) is 18.3 Å². The Morgan fingerprint density at radius 2 is 1.22 bits per heavy atom. The van der Waals surface area contributed by atoms with E-state index in [1.807, 2.05) is 0 Å². The van der Waals surface area contributed by atoms with E-state index < -0.39 is 0 Å². The van der Waals surface area contributed by atoms with Crippen molar-refractivity contribution in [1.29, 1.82) is 0 Å². The maximum Gasteiger partial charge on any atom is 0.123 e. The monoisotopic (exact) mass is 582 g/mol. The molecule has 0 unspecified atom stereocenters. The predicted octanol–water partition coefficient (Wildman–Crippen LogP) is 10.2. The lowest BCUT2D eigenvalue weighted by Crippen LogP contribution is -2.12. The number of methoxy groups -OCH3 is 2. The molecule has 2 atom stereocenters. The summed E-state index contributed by atoms with van der Waals surface area (Å²) in [6, 6.07) is 40.1. The van der Waals surface area contributed by atoms with Gasteiger partial charge in [-0.1, -0.05) is 78.9 Å². The zero-order valence-corrected chi connectivity index (χ0v) is 25.2. The smallest absolute Gasteiger partial charge is 0.123 e. The molecule has 3 aliphatic rings. The minimum atomic E-state index is 0.0550. The fourth-order valence-electron chi connectivity index (χ4n) is 8.82. The quantitative estimate of drug-likeness (QED) is 0.194. The second-order valence-electron chi connectivity index (χ2n) is 12.5. The zero-order valence-electron chi connectivity index (χ0n) is 25.2. The summed E-state index contributed by atoms with van der Waals surface area (Å²) in [5.74, 6) is 3.17. The molecule has 0 aromatic heterocycles. The van der Waals surface area contributed by atoms with E-state index in [4.69, 9.17) is 14.2 Å². The van der Waals surface area contributed by atoms with Crippen LogP contribution in [0, 0.1) is 0 Å². The Morgan fingerprint density at radius 1 is 0.578 bits per heavy atom. The van der Waals surface area contributed by atoms with Gasteiger partial charge in [0.25, 0.3) is 0 Å². The molecule has 0 saturated carbocycles. The summed E-state index contributed by atoms with van der Waals surface area (Å²) in [5, 5.41) is 8.00. The van der Waals surface area contributed by atoms with E-state index >= 15 is 0 Å².